The van der Waals surface area contributed by atoms with Crippen LogP contribution in [0.15, 0.2) is 18.2 Å². The van der Waals surface area contributed by atoms with Crippen LogP contribution in [0.5, 0.6) is 0 Å². The number of hydrogen-bond donors (Lipinski definition) is 2. The van der Waals surface area contributed by atoms with Crippen molar-refractivity contribution in [3.8, 4) is 0 Å². The Bertz CT molecular complexity index is 742. The molecule has 1 aromatic carbocycles. The van der Waals surface area contributed by atoms with Gasteiger partial charge in [-0.05, 0) is 45.2 Å². The molecule has 2 aliphatic heterocycles. The Morgan fingerprint density at radius 1 is 1.24 bits per heavy atom. The van der Waals surface area contributed by atoms with Crippen LogP contribution < -0.4 is 5.32 Å². The number of nitrogens with zero attached hydrogens (tertiary/aromatic N) is 1. The van der Waals surface area contributed by atoms with Crippen molar-refractivity contribution in [1.82, 2.24) is 4.90 Å². The zero-order valence-electron chi connectivity index (χ0n) is 14.6. The molecule has 7 heteroatoms. The Labute approximate surface area is 146 Å². The molecule has 0 atom stereocenters. The Hall–Kier alpha value is -2.57. The first-order valence-corrected chi connectivity index (χ1v) is 8.30. The van der Waals surface area contributed by atoms with Gasteiger partial charge in [0.25, 0.3) is 0 Å². The second kappa shape index (κ2) is 5.75. The molecule has 2 heterocycles. The molecule has 0 saturated carbocycles. The number of benzene rings is 1. The molecule has 1 fully saturated rings. The minimum Gasteiger partial charge on any atom is -0.478 e. The van der Waals surface area contributed by atoms with Gasteiger partial charge in [0.2, 0.25) is 5.91 Å². The number of anilines is 1. The van der Waals surface area contributed by atoms with Crippen molar-refractivity contribution < 1.29 is 24.2 Å². The largest absolute Gasteiger partial charge is 0.478 e. The fraction of sp³-hybridized carbons (Fsp3) is 0.500. The van der Waals surface area contributed by atoms with Crippen LogP contribution in [0.2, 0.25) is 0 Å². The second-order valence-electron chi connectivity index (χ2n) is 7.54. The van der Waals surface area contributed by atoms with Crippen LogP contribution in [0, 0.1) is 0 Å². The maximum atomic E-state index is 12.6. The molecule has 2 N–H and O–H groups in total. The summed E-state index contributed by atoms with van der Waals surface area (Å²) in [6, 6.07) is 4.93. The molecule has 1 aromatic rings. The molecule has 1 spiro atoms. The number of ether oxygens (including phenoxy) is 1. The van der Waals surface area contributed by atoms with Gasteiger partial charge in [-0.3, -0.25) is 4.79 Å². The summed E-state index contributed by atoms with van der Waals surface area (Å²) in [6.07, 6.45) is 0.489. The number of hydrogen-bond acceptors (Lipinski definition) is 4. The van der Waals surface area contributed by atoms with Crippen molar-refractivity contribution in [1.29, 1.82) is 0 Å². The summed E-state index contributed by atoms with van der Waals surface area (Å²) in [5.74, 6) is -1.26. The molecular weight excluding hydrogens is 324 g/mol. The van der Waals surface area contributed by atoms with E-state index in [2.05, 4.69) is 5.32 Å². The van der Waals surface area contributed by atoms with E-state index in [0.29, 0.717) is 37.2 Å². The van der Waals surface area contributed by atoms with E-state index in [0.717, 1.165) is 0 Å². The molecule has 0 aliphatic carbocycles. The number of nitrogens with one attached hydrogen (secondary N) is 1. The summed E-state index contributed by atoms with van der Waals surface area (Å²) in [4.78, 5) is 37.9. The lowest BCUT2D eigenvalue weighted by Gasteiger charge is -2.38. The maximum absolute atomic E-state index is 12.6. The van der Waals surface area contributed by atoms with Crippen LogP contribution in [0.4, 0.5) is 10.5 Å². The lowest BCUT2D eigenvalue weighted by molar-refractivity contribution is -0.122. The van der Waals surface area contributed by atoms with Crippen LogP contribution >= 0.6 is 0 Å². The average molecular weight is 346 g/mol. The SMILES string of the molecule is CC(C)(C)OC(=O)N1CCC2(CC1)C(=O)Nc1c(C(=O)O)cccc12. The van der Waals surface area contributed by atoms with E-state index < -0.39 is 17.0 Å². The van der Waals surface area contributed by atoms with Gasteiger partial charge < -0.3 is 20.1 Å². The summed E-state index contributed by atoms with van der Waals surface area (Å²) in [5.41, 5.74) is -0.163. The number of carboxylic acids is 1. The first kappa shape index (κ1) is 17.3. The quantitative estimate of drug-likeness (QED) is 0.815. The van der Waals surface area contributed by atoms with Gasteiger partial charge in [0.05, 0.1) is 16.7 Å². The zero-order chi connectivity index (χ0) is 18.4. The molecule has 0 radical (unpaired) electrons. The third-order valence-electron chi connectivity index (χ3n) is 4.75. The number of likely N-dealkylation sites (tertiary alicyclic amines) is 1. The first-order valence-electron chi connectivity index (χ1n) is 8.30. The van der Waals surface area contributed by atoms with Crippen LogP contribution in [0.1, 0.15) is 49.5 Å². The molecule has 0 aromatic heterocycles. The molecule has 25 heavy (non-hydrogen) atoms. The van der Waals surface area contributed by atoms with Gasteiger partial charge >= 0.3 is 12.1 Å². The molecule has 134 valence electrons. The predicted molar refractivity (Wildman–Crippen MR) is 90.8 cm³/mol. The van der Waals surface area contributed by atoms with Crippen LogP contribution in [0.3, 0.4) is 0 Å². The number of carbonyl (C=O) groups is 3. The third-order valence-corrected chi connectivity index (χ3v) is 4.75. The smallest absolute Gasteiger partial charge is 0.410 e. The van der Waals surface area contributed by atoms with Crippen LogP contribution in [0.25, 0.3) is 0 Å². The average Bonchev–Trinajstić information content (AvgIpc) is 2.78. The maximum Gasteiger partial charge on any atom is 0.410 e. The number of amides is 2. The Morgan fingerprint density at radius 2 is 1.88 bits per heavy atom. The van der Waals surface area contributed by atoms with Gasteiger partial charge in [0.1, 0.15) is 5.60 Å². The monoisotopic (exact) mass is 346 g/mol. The Balaban J connectivity index is 1.83. The van der Waals surface area contributed by atoms with Crippen molar-refractivity contribution in [2.24, 2.45) is 0 Å². The van der Waals surface area contributed by atoms with Crippen LogP contribution in [-0.2, 0) is 14.9 Å². The standard InChI is InChI=1S/C18H22N2O5/c1-17(2,3)25-16(24)20-9-7-18(8-10-20)12-6-4-5-11(14(21)22)13(12)19-15(18)23/h4-6H,7-10H2,1-3H3,(H,19,23)(H,21,22). The highest BCUT2D eigenvalue weighted by molar-refractivity contribution is 6.11. The molecule has 0 unspecified atom stereocenters. The minimum atomic E-state index is -1.07. The van der Waals surface area contributed by atoms with Crippen molar-refractivity contribution in [2.45, 2.75) is 44.6 Å². The second-order valence-corrected chi connectivity index (χ2v) is 7.54. The molecular formula is C18H22N2O5. The van der Waals surface area contributed by atoms with Crippen molar-refractivity contribution >= 4 is 23.7 Å². The number of carbonyl (C=O) groups excluding carboxylic acids is 2. The van der Waals surface area contributed by atoms with Crippen molar-refractivity contribution in [3.05, 3.63) is 29.3 Å². The van der Waals surface area contributed by atoms with Gasteiger partial charge in [-0.1, -0.05) is 12.1 Å². The van der Waals surface area contributed by atoms with E-state index in [-0.39, 0.29) is 17.6 Å². The summed E-state index contributed by atoms with van der Waals surface area (Å²) in [5, 5.41) is 12.1. The van der Waals surface area contributed by atoms with Crippen molar-refractivity contribution in [2.75, 3.05) is 18.4 Å². The number of rotatable bonds is 1. The first-order chi connectivity index (χ1) is 11.6. The lowest BCUT2D eigenvalue weighted by atomic mass is 9.73. The fourth-order valence-corrected chi connectivity index (χ4v) is 3.51. The van der Waals surface area contributed by atoms with Gasteiger partial charge in [-0.2, -0.15) is 0 Å². The lowest BCUT2D eigenvalue weighted by Crippen LogP contribution is -2.49. The molecule has 7 nitrogen and oxygen atoms in total. The number of para-hydroxylation sites is 1. The number of aromatic carboxylic acids is 1. The molecule has 1 saturated heterocycles. The topological polar surface area (TPSA) is 95.9 Å². The van der Waals surface area contributed by atoms with E-state index in [9.17, 15) is 19.5 Å². The van der Waals surface area contributed by atoms with Gasteiger partial charge in [-0.15, -0.1) is 0 Å². The van der Waals surface area contributed by atoms with E-state index in [1.54, 1.807) is 17.0 Å². The number of carboxylic acid groups (broad SMARTS) is 1. The Morgan fingerprint density at radius 3 is 2.44 bits per heavy atom. The fourth-order valence-electron chi connectivity index (χ4n) is 3.51. The molecule has 0 bridgehead atoms. The summed E-state index contributed by atoms with van der Waals surface area (Å²) < 4.78 is 5.38. The van der Waals surface area contributed by atoms with E-state index in [1.807, 2.05) is 20.8 Å². The highest BCUT2D eigenvalue weighted by Crippen LogP contribution is 2.46. The van der Waals surface area contributed by atoms with Gasteiger partial charge in [-0.25, -0.2) is 9.59 Å². The van der Waals surface area contributed by atoms with E-state index in [1.165, 1.54) is 6.07 Å². The van der Waals surface area contributed by atoms with E-state index in [4.69, 9.17) is 4.74 Å². The van der Waals surface area contributed by atoms with Gasteiger partial charge in [0, 0.05) is 13.1 Å². The third kappa shape index (κ3) is 2.94. The highest BCUT2D eigenvalue weighted by Gasteiger charge is 2.50. The number of fused-ring (bicyclic) bond motifs is 2. The number of piperidine rings is 1. The predicted octanol–water partition coefficient (Wildman–Crippen LogP) is 2.61. The van der Waals surface area contributed by atoms with Crippen LogP contribution in [-0.4, -0.2) is 46.7 Å². The molecule has 3 rings (SSSR count). The normalized spacial score (nSPS) is 18.7. The molecule has 2 amide bonds. The van der Waals surface area contributed by atoms with Crippen molar-refractivity contribution in [3.63, 3.8) is 0 Å². The van der Waals surface area contributed by atoms with Gasteiger partial charge in [0.15, 0.2) is 0 Å². The highest BCUT2D eigenvalue weighted by atomic mass is 16.6. The summed E-state index contributed by atoms with van der Waals surface area (Å²) in [6.45, 7) is 6.21. The summed E-state index contributed by atoms with van der Waals surface area (Å²) in [7, 11) is 0. The van der Waals surface area contributed by atoms with E-state index >= 15 is 0 Å². The summed E-state index contributed by atoms with van der Waals surface area (Å²) >= 11 is 0. The minimum absolute atomic E-state index is 0.0947. The zero-order valence-corrected chi connectivity index (χ0v) is 14.6. The molecule has 2 aliphatic rings. The Kier molecular flexibility index (Phi) is 3.97.